The smallest absolute Gasteiger partial charge is 0.411 e. The van der Waals surface area contributed by atoms with E-state index in [9.17, 15) is 9.18 Å². The minimum Gasteiger partial charge on any atom is -0.449 e. The third-order valence-electron chi connectivity index (χ3n) is 5.37. The number of carbonyl (C=O) groups excluding carboxylic acids is 1. The molecule has 2 saturated heterocycles. The molecule has 2 aliphatic heterocycles. The third kappa shape index (κ3) is 4.42. The minimum atomic E-state index is -0.518. The van der Waals surface area contributed by atoms with Crippen molar-refractivity contribution in [2.45, 2.75) is 37.8 Å². The number of hydrogen-bond donors (Lipinski definition) is 2. The molecule has 0 saturated carbocycles. The quantitative estimate of drug-likeness (QED) is 0.754. The van der Waals surface area contributed by atoms with Crippen LogP contribution in [0.2, 0.25) is 5.02 Å². The van der Waals surface area contributed by atoms with Gasteiger partial charge in [0.1, 0.15) is 5.82 Å². The number of piperidine rings is 1. The highest BCUT2D eigenvalue weighted by Crippen LogP contribution is 2.32. The summed E-state index contributed by atoms with van der Waals surface area (Å²) in [5.74, 6) is 0.0178. The van der Waals surface area contributed by atoms with Crippen LogP contribution in [0.5, 0.6) is 0 Å². The van der Waals surface area contributed by atoms with Crippen LogP contribution in [0.1, 0.15) is 25.7 Å². The number of anilines is 1. The second-order valence-electron chi connectivity index (χ2n) is 7.40. The van der Waals surface area contributed by atoms with Crippen molar-refractivity contribution in [3.05, 3.63) is 53.3 Å². The van der Waals surface area contributed by atoms with Gasteiger partial charge in [-0.15, -0.1) is 0 Å². The van der Waals surface area contributed by atoms with E-state index in [1.165, 1.54) is 31.0 Å². The molecule has 1 amide bonds. The van der Waals surface area contributed by atoms with E-state index in [-0.39, 0.29) is 5.82 Å². The zero-order chi connectivity index (χ0) is 18.8. The van der Waals surface area contributed by atoms with Gasteiger partial charge in [-0.1, -0.05) is 23.7 Å². The molecule has 0 spiro atoms. The van der Waals surface area contributed by atoms with Gasteiger partial charge in [0.2, 0.25) is 0 Å². The first-order chi connectivity index (χ1) is 13.1. The van der Waals surface area contributed by atoms with Crippen molar-refractivity contribution in [1.29, 1.82) is 0 Å². The van der Waals surface area contributed by atoms with E-state index in [2.05, 4.69) is 10.6 Å². The van der Waals surface area contributed by atoms with E-state index in [1.54, 1.807) is 18.2 Å². The number of nitrogens with one attached hydrogen (secondary N) is 2. The number of benzene rings is 2. The number of rotatable bonds is 4. The Morgan fingerprint density at radius 2 is 1.96 bits per heavy atom. The van der Waals surface area contributed by atoms with Crippen LogP contribution in [0, 0.1) is 11.7 Å². The fourth-order valence-electron chi connectivity index (χ4n) is 4.17. The molecular weight excluding hydrogens is 367 g/mol. The van der Waals surface area contributed by atoms with E-state index in [0.717, 1.165) is 18.4 Å². The van der Waals surface area contributed by atoms with E-state index in [0.29, 0.717) is 40.9 Å². The summed E-state index contributed by atoms with van der Waals surface area (Å²) in [4.78, 5) is 12.3. The minimum absolute atomic E-state index is 0.380. The first-order valence-electron chi connectivity index (χ1n) is 9.32. The van der Waals surface area contributed by atoms with Crippen LogP contribution in [-0.2, 0) is 4.74 Å². The van der Waals surface area contributed by atoms with Gasteiger partial charge in [0.05, 0.1) is 12.3 Å². The highest BCUT2D eigenvalue weighted by molar-refractivity contribution is 6.30. The Labute approximate surface area is 163 Å². The molecule has 2 aromatic rings. The lowest BCUT2D eigenvalue weighted by Crippen LogP contribution is -2.39. The molecule has 2 aliphatic rings. The second kappa shape index (κ2) is 7.87. The summed E-state index contributed by atoms with van der Waals surface area (Å²) >= 11 is 6.05. The predicted octanol–water partition coefficient (Wildman–Crippen LogP) is 5.23. The van der Waals surface area contributed by atoms with Crippen LogP contribution >= 0.6 is 11.6 Å². The van der Waals surface area contributed by atoms with Crippen molar-refractivity contribution < 1.29 is 13.9 Å². The predicted molar refractivity (Wildman–Crippen MR) is 104 cm³/mol. The molecule has 4 nitrogen and oxygen atoms in total. The standard InChI is InChI=1S/C21H22ClFN2O2/c22-15-3-1-2-14(10-15)19-11-16(23)4-7-20(19)25-21(26)27-12-13-8-17-5-6-18(9-13)24-17/h1-4,7,10-11,13,17-18,24H,5-6,8-9,12H2,(H,25,26). The normalized spacial score (nSPS) is 23.9. The average molecular weight is 389 g/mol. The molecule has 2 fully saturated rings. The Morgan fingerprint density at radius 1 is 1.19 bits per heavy atom. The van der Waals surface area contributed by atoms with Crippen molar-refractivity contribution in [3.8, 4) is 11.1 Å². The number of hydrogen-bond acceptors (Lipinski definition) is 3. The molecule has 0 aromatic heterocycles. The maximum absolute atomic E-state index is 13.8. The Balaban J connectivity index is 1.42. The SMILES string of the molecule is O=C(Nc1ccc(F)cc1-c1cccc(Cl)c1)OCC1CC2CCC(C1)N2. The summed E-state index contributed by atoms with van der Waals surface area (Å²) in [6.07, 6.45) is 4.01. The van der Waals surface area contributed by atoms with Crippen molar-refractivity contribution in [1.82, 2.24) is 5.32 Å². The van der Waals surface area contributed by atoms with Crippen molar-refractivity contribution in [2.75, 3.05) is 11.9 Å². The summed E-state index contributed by atoms with van der Waals surface area (Å²) in [6, 6.07) is 12.4. The molecule has 6 heteroatoms. The lowest BCUT2D eigenvalue weighted by molar-refractivity contribution is 0.122. The highest BCUT2D eigenvalue weighted by Gasteiger charge is 2.33. The largest absolute Gasteiger partial charge is 0.449 e. The summed E-state index contributed by atoms with van der Waals surface area (Å²) in [5.41, 5.74) is 1.79. The molecule has 142 valence electrons. The maximum Gasteiger partial charge on any atom is 0.411 e. The zero-order valence-electron chi connectivity index (χ0n) is 14.9. The Hall–Kier alpha value is -2.11. The maximum atomic E-state index is 13.8. The molecule has 2 aromatic carbocycles. The summed E-state index contributed by atoms with van der Waals surface area (Å²) < 4.78 is 19.2. The number of ether oxygens (including phenoxy) is 1. The Kier molecular flexibility index (Phi) is 5.32. The van der Waals surface area contributed by atoms with Crippen LogP contribution < -0.4 is 10.6 Å². The first-order valence-corrected chi connectivity index (χ1v) is 9.70. The summed E-state index contributed by atoms with van der Waals surface area (Å²) in [5, 5.41) is 6.87. The number of carbonyl (C=O) groups is 1. The lowest BCUT2D eigenvalue weighted by atomic mass is 9.93. The van der Waals surface area contributed by atoms with E-state index in [4.69, 9.17) is 16.3 Å². The van der Waals surface area contributed by atoms with E-state index < -0.39 is 6.09 Å². The van der Waals surface area contributed by atoms with Gasteiger partial charge in [-0.05, 0) is 67.5 Å². The monoisotopic (exact) mass is 388 g/mol. The van der Waals surface area contributed by atoms with Gasteiger partial charge in [0.25, 0.3) is 0 Å². The van der Waals surface area contributed by atoms with Gasteiger partial charge in [-0.2, -0.15) is 0 Å². The summed E-state index contributed by atoms with van der Waals surface area (Å²) in [6.45, 7) is 0.411. The molecule has 2 N–H and O–H groups in total. The molecule has 27 heavy (non-hydrogen) atoms. The molecule has 2 heterocycles. The van der Waals surface area contributed by atoms with Gasteiger partial charge in [0, 0.05) is 22.7 Å². The number of fused-ring (bicyclic) bond motifs is 2. The molecule has 0 aliphatic carbocycles. The van der Waals surface area contributed by atoms with Gasteiger partial charge < -0.3 is 10.1 Å². The van der Waals surface area contributed by atoms with Crippen LogP contribution in [0.15, 0.2) is 42.5 Å². The Morgan fingerprint density at radius 3 is 2.70 bits per heavy atom. The average Bonchev–Trinajstić information content (AvgIpc) is 2.99. The van der Waals surface area contributed by atoms with Crippen molar-refractivity contribution in [3.63, 3.8) is 0 Å². The fourth-order valence-corrected chi connectivity index (χ4v) is 4.36. The fraction of sp³-hybridized carbons (Fsp3) is 0.381. The van der Waals surface area contributed by atoms with Gasteiger partial charge in [-0.3, -0.25) is 5.32 Å². The van der Waals surface area contributed by atoms with E-state index >= 15 is 0 Å². The first kappa shape index (κ1) is 18.3. The Bertz CT molecular complexity index is 833. The second-order valence-corrected chi connectivity index (χ2v) is 7.84. The molecule has 0 radical (unpaired) electrons. The van der Waals surface area contributed by atoms with E-state index in [1.807, 2.05) is 6.07 Å². The van der Waals surface area contributed by atoms with Gasteiger partial charge in [0.15, 0.2) is 0 Å². The van der Waals surface area contributed by atoms with Crippen LogP contribution in [0.3, 0.4) is 0 Å². The van der Waals surface area contributed by atoms with Crippen LogP contribution in [0.25, 0.3) is 11.1 Å². The van der Waals surface area contributed by atoms with Gasteiger partial charge in [-0.25, -0.2) is 9.18 Å². The number of halogens is 2. The van der Waals surface area contributed by atoms with Crippen molar-refractivity contribution in [2.24, 2.45) is 5.92 Å². The molecule has 4 rings (SSSR count). The molecule has 2 bridgehead atoms. The van der Waals surface area contributed by atoms with Crippen LogP contribution in [0.4, 0.5) is 14.9 Å². The molecular formula is C21H22ClFN2O2. The number of amides is 1. The van der Waals surface area contributed by atoms with Crippen LogP contribution in [-0.4, -0.2) is 24.8 Å². The lowest BCUT2D eigenvalue weighted by Gasteiger charge is -2.28. The third-order valence-corrected chi connectivity index (χ3v) is 5.61. The molecule has 2 atom stereocenters. The van der Waals surface area contributed by atoms with Gasteiger partial charge >= 0.3 is 6.09 Å². The molecule has 2 unspecified atom stereocenters. The topological polar surface area (TPSA) is 50.4 Å². The summed E-state index contributed by atoms with van der Waals surface area (Å²) in [7, 11) is 0. The van der Waals surface area contributed by atoms with Crippen molar-refractivity contribution >= 4 is 23.4 Å². The highest BCUT2D eigenvalue weighted by atomic mass is 35.5. The zero-order valence-corrected chi connectivity index (χ0v) is 15.6.